The lowest BCUT2D eigenvalue weighted by atomic mass is 10.1. The van der Waals surface area contributed by atoms with Gasteiger partial charge in [-0.25, -0.2) is 0 Å². The molecule has 0 spiro atoms. The monoisotopic (exact) mass is 300 g/mol. The van der Waals surface area contributed by atoms with Crippen LogP contribution in [-0.2, 0) is 16.1 Å². The molecule has 3 rings (SSSR count). The van der Waals surface area contributed by atoms with Gasteiger partial charge in [-0.1, -0.05) is 5.16 Å². The molecule has 1 aliphatic rings. The molecule has 2 aromatic rings. The van der Waals surface area contributed by atoms with Crippen LogP contribution >= 0.6 is 0 Å². The summed E-state index contributed by atoms with van der Waals surface area (Å²) in [4.78, 5) is 29.6. The van der Waals surface area contributed by atoms with Crippen LogP contribution in [0.5, 0.6) is 0 Å². The molecular formula is C15H16N4O3. The minimum atomic E-state index is -0.369. The summed E-state index contributed by atoms with van der Waals surface area (Å²) in [6, 6.07) is 5.37. The summed E-state index contributed by atoms with van der Waals surface area (Å²) in [5, 5.41) is 6.68. The van der Waals surface area contributed by atoms with Gasteiger partial charge in [0.05, 0.1) is 5.92 Å². The van der Waals surface area contributed by atoms with Crippen molar-refractivity contribution < 1.29 is 14.1 Å². The van der Waals surface area contributed by atoms with E-state index in [1.54, 1.807) is 25.4 Å². The summed E-state index contributed by atoms with van der Waals surface area (Å²) in [5.41, 5.74) is 0.969. The van der Waals surface area contributed by atoms with Crippen molar-refractivity contribution in [3.8, 4) is 0 Å². The lowest BCUT2D eigenvalue weighted by Crippen LogP contribution is -2.32. The Bertz CT molecular complexity index is 683. The zero-order chi connectivity index (χ0) is 15.5. The fourth-order valence-electron chi connectivity index (χ4n) is 2.42. The van der Waals surface area contributed by atoms with E-state index in [0.717, 1.165) is 5.56 Å². The molecule has 3 heterocycles. The van der Waals surface area contributed by atoms with E-state index in [2.05, 4.69) is 15.5 Å². The zero-order valence-corrected chi connectivity index (χ0v) is 12.2. The first-order valence-corrected chi connectivity index (χ1v) is 7.04. The average molecular weight is 300 g/mol. The van der Waals surface area contributed by atoms with E-state index in [0.29, 0.717) is 24.7 Å². The van der Waals surface area contributed by atoms with Gasteiger partial charge in [-0.3, -0.25) is 19.5 Å². The molecule has 0 aliphatic carbocycles. The number of aryl methyl sites for hydroxylation is 1. The summed E-state index contributed by atoms with van der Waals surface area (Å²) in [5.74, 6) is 0.483. The van der Waals surface area contributed by atoms with Gasteiger partial charge in [0.25, 0.3) is 0 Å². The first kappa shape index (κ1) is 14.2. The zero-order valence-electron chi connectivity index (χ0n) is 12.2. The van der Waals surface area contributed by atoms with Crippen molar-refractivity contribution in [2.24, 2.45) is 5.92 Å². The van der Waals surface area contributed by atoms with Crippen molar-refractivity contribution in [3.05, 3.63) is 41.9 Å². The smallest absolute Gasteiger partial charge is 0.229 e. The fourth-order valence-corrected chi connectivity index (χ4v) is 2.42. The van der Waals surface area contributed by atoms with Crippen molar-refractivity contribution in [3.63, 3.8) is 0 Å². The van der Waals surface area contributed by atoms with E-state index < -0.39 is 0 Å². The van der Waals surface area contributed by atoms with Crippen LogP contribution in [0.2, 0.25) is 0 Å². The summed E-state index contributed by atoms with van der Waals surface area (Å²) in [6.07, 6.45) is 3.54. The first-order chi connectivity index (χ1) is 10.6. The standard InChI is InChI=1S/C15H16N4O3/c1-10-6-13(18-22-10)19-9-12(7-14(19)20)15(21)17-8-11-2-4-16-5-3-11/h2-6,12H,7-9H2,1H3,(H,17,21). The van der Waals surface area contributed by atoms with E-state index in [9.17, 15) is 9.59 Å². The Labute approximate surface area is 127 Å². The molecule has 1 aliphatic heterocycles. The Kier molecular flexibility index (Phi) is 3.86. The van der Waals surface area contributed by atoms with Crippen LogP contribution in [0, 0.1) is 12.8 Å². The molecular weight excluding hydrogens is 284 g/mol. The topological polar surface area (TPSA) is 88.3 Å². The van der Waals surface area contributed by atoms with Gasteiger partial charge in [0.1, 0.15) is 5.76 Å². The number of hydrogen-bond acceptors (Lipinski definition) is 5. The van der Waals surface area contributed by atoms with Crippen molar-refractivity contribution in [1.82, 2.24) is 15.5 Å². The van der Waals surface area contributed by atoms with E-state index in [1.807, 2.05) is 12.1 Å². The van der Waals surface area contributed by atoms with Gasteiger partial charge >= 0.3 is 0 Å². The van der Waals surface area contributed by atoms with E-state index in [4.69, 9.17) is 4.52 Å². The summed E-state index contributed by atoms with van der Waals surface area (Å²) in [7, 11) is 0. The second kappa shape index (κ2) is 5.97. The number of carbonyl (C=O) groups is 2. The van der Waals surface area contributed by atoms with Crippen molar-refractivity contribution in [1.29, 1.82) is 0 Å². The fraction of sp³-hybridized carbons (Fsp3) is 0.333. The molecule has 1 fully saturated rings. The van der Waals surface area contributed by atoms with Crippen LogP contribution < -0.4 is 10.2 Å². The molecule has 2 amide bonds. The van der Waals surface area contributed by atoms with Gasteiger partial charge in [0, 0.05) is 38.0 Å². The largest absolute Gasteiger partial charge is 0.360 e. The Morgan fingerprint density at radius 1 is 1.45 bits per heavy atom. The van der Waals surface area contributed by atoms with Crippen LogP contribution in [0.15, 0.2) is 35.1 Å². The third kappa shape index (κ3) is 2.98. The maximum Gasteiger partial charge on any atom is 0.229 e. The molecule has 1 saturated heterocycles. The van der Waals surface area contributed by atoms with Gasteiger partial charge in [-0.15, -0.1) is 0 Å². The minimum Gasteiger partial charge on any atom is -0.360 e. The molecule has 1 unspecified atom stereocenters. The maximum absolute atomic E-state index is 12.2. The Balaban J connectivity index is 1.59. The van der Waals surface area contributed by atoms with E-state index in [1.165, 1.54) is 4.90 Å². The number of nitrogens with zero attached hydrogens (tertiary/aromatic N) is 3. The Hall–Kier alpha value is -2.70. The molecule has 1 N–H and O–H groups in total. The van der Waals surface area contributed by atoms with E-state index in [-0.39, 0.29) is 24.2 Å². The normalized spacial score (nSPS) is 17.8. The number of pyridine rings is 1. The number of nitrogens with one attached hydrogen (secondary N) is 1. The van der Waals surface area contributed by atoms with Crippen LogP contribution in [-0.4, -0.2) is 28.5 Å². The highest BCUT2D eigenvalue weighted by molar-refractivity contribution is 5.99. The molecule has 0 saturated carbocycles. The number of anilines is 1. The predicted molar refractivity (Wildman–Crippen MR) is 77.8 cm³/mol. The summed E-state index contributed by atoms with van der Waals surface area (Å²) in [6.45, 7) is 2.51. The van der Waals surface area contributed by atoms with Crippen LogP contribution in [0.4, 0.5) is 5.82 Å². The first-order valence-electron chi connectivity index (χ1n) is 7.04. The lowest BCUT2D eigenvalue weighted by Gasteiger charge is -2.13. The van der Waals surface area contributed by atoms with Crippen LogP contribution in [0.3, 0.4) is 0 Å². The quantitative estimate of drug-likeness (QED) is 0.911. The van der Waals surface area contributed by atoms with Gasteiger partial charge in [0.2, 0.25) is 11.8 Å². The SMILES string of the molecule is Cc1cc(N2CC(C(=O)NCc3ccncc3)CC2=O)no1. The van der Waals surface area contributed by atoms with Gasteiger partial charge in [-0.2, -0.15) is 0 Å². The highest BCUT2D eigenvalue weighted by Crippen LogP contribution is 2.24. The van der Waals surface area contributed by atoms with Crippen molar-refractivity contribution in [2.45, 2.75) is 19.9 Å². The minimum absolute atomic E-state index is 0.114. The van der Waals surface area contributed by atoms with Gasteiger partial charge in [0.15, 0.2) is 5.82 Å². The molecule has 7 heteroatoms. The third-order valence-electron chi connectivity index (χ3n) is 3.60. The summed E-state index contributed by atoms with van der Waals surface area (Å²) >= 11 is 0. The molecule has 22 heavy (non-hydrogen) atoms. The number of amides is 2. The van der Waals surface area contributed by atoms with E-state index >= 15 is 0 Å². The van der Waals surface area contributed by atoms with Gasteiger partial charge < -0.3 is 9.84 Å². The second-order valence-electron chi connectivity index (χ2n) is 5.27. The number of aromatic nitrogens is 2. The maximum atomic E-state index is 12.2. The molecule has 0 radical (unpaired) electrons. The molecule has 2 aromatic heterocycles. The Morgan fingerprint density at radius 2 is 2.23 bits per heavy atom. The number of rotatable bonds is 4. The highest BCUT2D eigenvalue weighted by atomic mass is 16.5. The van der Waals surface area contributed by atoms with Crippen LogP contribution in [0.1, 0.15) is 17.7 Å². The molecule has 0 aromatic carbocycles. The number of carbonyl (C=O) groups excluding carboxylic acids is 2. The third-order valence-corrected chi connectivity index (χ3v) is 3.60. The van der Waals surface area contributed by atoms with Crippen molar-refractivity contribution >= 4 is 17.6 Å². The summed E-state index contributed by atoms with van der Waals surface area (Å²) < 4.78 is 4.98. The highest BCUT2D eigenvalue weighted by Gasteiger charge is 2.36. The number of hydrogen-bond donors (Lipinski definition) is 1. The molecule has 114 valence electrons. The average Bonchev–Trinajstić information content (AvgIpc) is 3.11. The van der Waals surface area contributed by atoms with Crippen molar-refractivity contribution in [2.75, 3.05) is 11.4 Å². The van der Waals surface area contributed by atoms with Crippen LogP contribution in [0.25, 0.3) is 0 Å². The predicted octanol–water partition coefficient (Wildman–Crippen LogP) is 1.05. The lowest BCUT2D eigenvalue weighted by molar-refractivity contribution is -0.126. The molecule has 7 nitrogen and oxygen atoms in total. The van der Waals surface area contributed by atoms with Gasteiger partial charge in [-0.05, 0) is 24.6 Å². The molecule has 1 atom stereocenters. The Morgan fingerprint density at radius 3 is 2.91 bits per heavy atom. The second-order valence-corrected chi connectivity index (χ2v) is 5.27. The molecule has 0 bridgehead atoms.